The molecule has 5 heteroatoms. The van der Waals surface area contributed by atoms with Crippen molar-refractivity contribution in [2.24, 2.45) is 0 Å². The molecule has 2 aromatic carbocycles. The van der Waals surface area contributed by atoms with Crippen molar-refractivity contribution < 1.29 is 0 Å². The number of rotatable bonds is 2. The molecule has 0 radical (unpaired) electrons. The lowest BCUT2D eigenvalue weighted by atomic mass is 10.1. The second kappa shape index (κ2) is 5.62. The summed E-state index contributed by atoms with van der Waals surface area (Å²) in [4.78, 5) is 32.1. The SMILES string of the molecule is O=c1[nH]c(=O)c2nc(/C=C/c3ccc4ccccc4c3)ccc2[nH]1. The van der Waals surface area contributed by atoms with Gasteiger partial charge in [0.05, 0.1) is 11.2 Å². The molecule has 0 amide bonds. The van der Waals surface area contributed by atoms with Gasteiger partial charge < -0.3 is 4.98 Å². The first-order chi connectivity index (χ1) is 11.7. The molecule has 2 heterocycles. The Kier molecular flexibility index (Phi) is 3.31. The van der Waals surface area contributed by atoms with Crippen LogP contribution in [-0.4, -0.2) is 15.0 Å². The van der Waals surface area contributed by atoms with Crippen molar-refractivity contribution in [3.8, 4) is 0 Å². The van der Waals surface area contributed by atoms with E-state index in [4.69, 9.17) is 0 Å². The van der Waals surface area contributed by atoms with Crippen LogP contribution in [0.15, 0.2) is 64.2 Å². The summed E-state index contributed by atoms with van der Waals surface area (Å²) in [6.45, 7) is 0. The van der Waals surface area contributed by atoms with E-state index in [0.29, 0.717) is 11.2 Å². The molecule has 0 spiro atoms. The highest BCUT2D eigenvalue weighted by atomic mass is 16.2. The third-order valence-electron chi connectivity index (χ3n) is 3.83. The van der Waals surface area contributed by atoms with Gasteiger partial charge in [-0.3, -0.25) is 9.78 Å². The summed E-state index contributed by atoms with van der Waals surface area (Å²) < 4.78 is 0. The van der Waals surface area contributed by atoms with Crippen molar-refractivity contribution in [2.75, 3.05) is 0 Å². The highest BCUT2D eigenvalue weighted by molar-refractivity contribution is 5.86. The highest BCUT2D eigenvalue weighted by Gasteiger charge is 2.02. The van der Waals surface area contributed by atoms with E-state index in [1.54, 1.807) is 12.1 Å². The van der Waals surface area contributed by atoms with Gasteiger partial charge in [-0.05, 0) is 40.6 Å². The number of aromatic amines is 2. The van der Waals surface area contributed by atoms with Crippen molar-refractivity contribution in [2.45, 2.75) is 0 Å². The minimum absolute atomic E-state index is 0.218. The molecule has 24 heavy (non-hydrogen) atoms. The van der Waals surface area contributed by atoms with Crippen LogP contribution >= 0.6 is 0 Å². The molecule has 5 nitrogen and oxygen atoms in total. The minimum atomic E-state index is -0.534. The van der Waals surface area contributed by atoms with Gasteiger partial charge in [0.15, 0.2) is 5.52 Å². The van der Waals surface area contributed by atoms with Gasteiger partial charge >= 0.3 is 5.69 Å². The van der Waals surface area contributed by atoms with Crippen molar-refractivity contribution in [1.29, 1.82) is 0 Å². The lowest BCUT2D eigenvalue weighted by Crippen LogP contribution is -2.22. The predicted octanol–water partition coefficient (Wildman–Crippen LogP) is 2.94. The number of nitrogens with zero attached hydrogens (tertiary/aromatic N) is 1. The van der Waals surface area contributed by atoms with Crippen LogP contribution in [0.1, 0.15) is 11.3 Å². The van der Waals surface area contributed by atoms with Crippen LogP contribution in [0.3, 0.4) is 0 Å². The molecule has 0 fully saturated rings. The Morgan fingerprint density at radius 2 is 1.67 bits per heavy atom. The van der Waals surface area contributed by atoms with Gasteiger partial charge in [0.2, 0.25) is 0 Å². The fraction of sp³-hybridized carbons (Fsp3) is 0. The van der Waals surface area contributed by atoms with E-state index in [1.165, 1.54) is 10.8 Å². The second-order valence-corrected chi connectivity index (χ2v) is 5.48. The molecule has 116 valence electrons. The summed E-state index contributed by atoms with van der Waals surface area (Å²) in [7, 11) is 0. The summed E-state index contributed by atoms with van der Waals surface area (Å²) >= 11 is 0. The number of pyridine rings is 1. The lowest BCUT2D eigenvalue weighted by Gasteiger charge is -2.00. The van der Waals surface area contributed by atoms with Crippen molar-refractivity contribution >= 4 is 34.0 Å². The van der Waals surface area contributed by atoms with E-state index in [0.717, 1.165) is 5.56 Å². The zero-order valence-electron chi connectivity index (χ0n) is 12.6. The van der Waals surface area contributed by atoms with Gasteiger partial charge in [-0.25, -0.2) is 9.78 Å². The summed E-state index contributed by atoms with van der Waals surface area (Å²) in [6.07, 6.45) is 3.79. The molecule has 0 saturated heterocycles. The van der Waals surface area contributed by atoms with E-state index >= 15 is 0 Å². The first-order valence-electron chi connectivity index (χ1n) is 7.49. The lowest BCUT2D eigenvalue weighted by molar-refractivity contribution is 1.07. The molecule has 2 aromatic heterocycles. The van der Waals surface area contributed by atoms with Crippen molar-refractivity contribution in [3.63, 3.8) is 0 Å². The maximum absolute atomic E-state index is 11.8. The minimum Gasteiger partial charge on any atom is -0.305 e. The molecule has 0 unspecified atom stereocenters. The van der Waals surface area contributed by atoms with Gasteiger partial charge in [-0.1, -0.05) is 42.5 Å². The van der Waals surface area contributed by atoms with Gasteiger partial charge in [-0.2, -0.15) is 0 Å². The van der Waals surface area contributed by atoms with E-state index in [2.05, 4.69) is 39.2 Å². The molecule has 0 aliphatic heterocycles. The molecule has 2 N–H and O–H groups in total. The summed E-state index contributed by atoms with van der Waals surface area (Å²) in [5.74, 6) is 0. The quantitative estimate of drug-likeness (QED) is 0.597. The van der Waals surface area contributed by atoms with Crippen molar-refractivity contribution in [1.82, 2.24) is 15.0 Å². The fourth-order valence-electron chi connectivity index (χ4n) is 2.65. The molecular formula is C19H13N3O2. The van der Waals surface area contributed by atoms with Crippen LogP contribution in [0.25, 0.3) is 34.0 Å². The number of benzene rings is 2. The van der Waals surface area contributed by atoms with Crippen LogP contribution in [0, 0.1) is 0 Å². The summed E-state index contributed by atoms with van der Waals surface area (Å²) in [5, 5.41) is 2.36. The molecular weight excluding hydrogens is 302 g/mol. The average molecular weight is 315 g/mol. The highest BCUT2D eigenvalue weighted by Crippen LogP contribution is 2.17. The molecule has 0 aliphatic rings. The van der Waals surface area contributed by atoms with Crippen LogP contribution in [0.2, 0.25) is 0 Å². The van der Waals surface area contributed by atoms with Gasteiger partial charge in [0.25, 0.3) is 5.56 Å². The van der Waals surface area contributed by atoms with Crippen LogP contribution in [-0.2, 0) is 0 Å². The van der Waals surface area contributed by atoms with E-state index in [-0.39, 0.29) is 5.52 Å². The Morgan fingerprint density at radius 1 is 0.833 bits per heavy atom. The maximum Gasteiger partial charge on any atom is 0.326 e. The molecule has 0 bridgehead atoms. The van der Waals surface area contributed by atoms with Crippen LogP contribution in [0.4, 0.5) is 0 Å². The Morgan fingerprint density at radius 3 is 2.54 bits per heavy atom. The number of nitrogens with one attached hydrogen (secondary N) is 2. The smallest absolute Gasteiger partial charge is 0.305 e. The molecule has 4 aromatic rings. The first kappa shape index (κ1) is 14.1. The number of aromatic nitrogens is 3. The summed E-state index contributed by atoms with van der Waals surface area (Å²) in [6, 6.07) is 17.8. The topological polar surface area (TPSA) is 78.6 Å². The second-order valence-electron chi connectivity index (χ2n) is 5.48. The van der Waals surface area contributed by atoms with E-state index in [1.807, 2.05) is 30.4 Å². The standard InChI is InChI=1S/C19H13N3O2/c23-18-17-16(21-19(24)22-18)10-9-15(20-17)8-6-12-5-7-13-3-1-2-4-14(13)11-12/h1-11H,(H2,21,22,23,24)/b8-6+. The molecule has 0 saturated carbocycles. The monoisotopic (exact) mass is 315 g/mol. The van der Waals surface area contributed by atoms with E-state index in [9.17, 15) is 9.59 Å². The van der Waals surface area contributed by atoms with Crippen molar-refractivity contribution in [3.05, 3.63) is 86.7 Å². The first-order valence-corrected chi connectivity index (χ1v) is 7.49. The molecule has 0 aliphatic carbocycles. The Bertz CT molecular complexity index is 1200. The van der Waals surface area contributed by atoms with Crippen LogP contribution in [0.5, 0.6) is 0 Å². The van der Waals surface area contributed by atoms with Gasteiger partial charge in [0, 0.05) is 0 Å². The number of hydrogen-bond donors (Lipinski definition) is 2. The molecule has 4 rings (SSSR count). The van der Waals surface area contributed by atoms with Crippen LogP contribution < -0.4 is 11.2 Å². The number of fused-ring (bicyclic) bond motifs is 2. The normalized spacial score (nSPS) is 11.5. The third kappa shape index (κ3) is 2.63. The Hall–Kier alpha value is -3.47. The largest absolute Gasteiger partial charge is 0.326 e. The molecule has 0 atom stereocenters. The maximum atomic E-state index is 11.8. The van der Waals surface area contributed by atoms with E-state index < -0.39 is 11.2 Å². The third-order valence-corrected chi connectivity index (χ3v) is 3.83. The predicted molar refractivity (Wildman–Crippen MR) is 95.9 cm³/mol. The fourth-order valence-corrected chi connectivity index (χ4v) is 2.65. The summed E-state index contributed by atoms with van der Waals surface area (Å²) in [5.41, 5.74) is 1.31. The van der Waals surface area contributed by atoms with Gasteiger partial charge in [0.1, 0.15) is 0 Å². The number of hydrogen-bond acceptors (Lipinski definition) is 3. The zero-order chi connectivity index (χ0) is 16.5. The zero-order valence-corrected chi connectivity index (χ0v) is 12.6. The average Bonchev–Trinajstić information content (AvgIpc) is 2.60. The Labute approximate surface area is 136 Å². The van der Waals surface area contributed by atoms with Gasteiger partial charge in [-0.15, -0.1) is 0 Å². The number of H-pyrrole nitrogens is 2. The Balaban J connectivity index is 1.73.